The second-order valence-corrected chi connectivity index (χ2v) is 9.61. The number of aromatic nitrogens is 1. The first kappa shape index (κ1) is 20.8. The Kier molecular flexibility index (Phi) is 7.06. The molecule has 1 fully saturated rings. The lowest BCUT2D eigenvalue weighted by atomic mass is 10.2. The number of carbonyl (C=O) groups is 1. The van der Waals surface area contributed by atoms with Gasteiger partial charge in [0.1, 0.15) is 4.90 Å². The lowest BCUT2D eigenvalue weighted by molar-refractivity contribution is -0.120. The smallest absolute Gasteiger partial charge is 0.244 e. The van der Waals surface area contributed by atoms with Crippen LogP contribution in [-0.2, 0) is 26.1 Å². The van der Waals surface area contributed by atoms with E-state index in [0.717, 1.165) is 5.56 Å². The number of ether oxygens (including phenoxy) is 1. The van der Waals surface area contributed by atoms with Crippen molar-refractivity contribution in [1.82, 2.24) is 14.6 Å². The number of benzene rings is 1. The summed E-state index contributed by atoms with van der Waals surface area (Å²) in [5.74, 6) is -0.0966. The minimum atomic E-state index is -3.56. The number of nitrogens with one attached hydrogen (secondary N) is 1. The molecule has 2 heterocycles. The minimum Gasteiger partial charge on any atom is -0.379 e. The molecule has 0 spiro atoms. The predicted molar refractivity (Wildman–Crippen MR) is 107 cm³/mol. The number of hydrogen-bond acceptors (Lipinski definition) is 6. The third-order valence-corrected chi connectivity index (χ3v) is 7.23. The molecule has 0 aliphatic carbocycles. The van der Waals surface area contributed by atoms with E-state index in [0.29, 0.717) is 37.9 Å². The first-order chi connectivity index (χ1) is 13.5. The van der Waals surface area contributed by atoms with Crippen LogP contribution in [-0.4, -0.2) is 55.2 Å². The molecular weight excluding hydrogens is 398 g/mol. The van der Waals surface area contributed by atoms with E-state index in [9.17, 15) is 13.2 Å². The van der Waals surface area contributed by atoms with Crippen LogP contribution in [0.2, 0.25) is 0 Å². The topological polar surface area (TPSA) is 88.6 Å². The second-order valence-electron chi connectivity index (χ2n) is 6.31. The fourth-order valence-electron chi connectivity index (χ4n) is 2.69. The number of carbonyl (C=O) groups excluding carboxylic acids is 1. The normalized spacial score (nSPS) is 16.5. The molecule has 1 aromatic heterocycles. The van der Waals surface area contributed by atoms with Gasteiger partial charge in [-0.1, -0.05) is 42.1 Å². The minimum absolute atomic E-state index is 0.0966. The number of pyridine rings is 1. The molecule has 7 nitrogen and oxygen atoms in total. The number of morpholine rings is 1. The Morgan fingerprint density at radius 2 is 1.93 bits per heavy atom. The van der Waals surface area contributed by atoms with Crippen molar-refractivity contribution in [2.75, 3.05) is 26.3 Å². The van der Waals surface area contributed by atoms with E-state index in [4.69, 9.17) is 4.74 Å². The van der Waals surface area contributed by atoms with Crippen LogP contribution in [0.1, 0.15) is 12.5 Å². The molecule has 1 amide bonds. The van der Waals surface area contributed by atoms with Gasteiger partial charge in [-0.2, -0.15) is 4.31 Å². The zero-order chi connectivity index (χ0) is 20.0. The van der Waals surface area contributed by atoms with Gasteiger partial charge in [-0.15, -0.1) is 0 Å². The van der Waals surface area contributed by atoms with Gasteiger partial charge < -0.3 is 10.1 Å². The fourth-order valence-corrected chi connectivity index (χ4v) is 4.86. The first-order valence-electron chi connectivity index (χ1n) is 8.99. The first-order valence-corrected chi connectivity index (χ1v) is 11.3. The standard InChI is InChI=1S/C19H23N3O4S2/c1-15(19(23)21-13-16-5-3-2-4-6-16)27-18-8-7-17(14-20-18)28(24,25)22-9-11-26-12-10-22/h2-8,14-15H,9-13H2,1H3,(H,21,23)/t15-/m1/s1. The lowest BCUT2D eigenvalue weighted by Gasteiger charge is -2.25. The number of hydrogen-bond donors (Lipinski definition) is 1. The third-order valence-electron chi connectivity index (χ3n) is 4.29. The maximum atomic E-state index is 12.6. The number of amides is 1. The Balaban J connectivity index is 1.56. The van der Waals surface area contributed by atoms with E-state index in [1.165, 1.54) is 28.3 Å². The number of nitrogens with zero attached hydrogens (tertiary/aromatic N) is 2. The lowest BCUT2D eigenvalue weighted by Crippen LogP contribution is -2.40. The van der Waals surface area contributed by atoms with Crippen molar-refractivity contribution in [1.29, 1.82) is 0 Å². The number of rotatable bonds is 7. The van der Waals surface area contributed by atoms with Gasteiger partial charge in [-0.25, -0.2) is 13.4 Å². The van der Waals surface area contributed by atoms with Gasteiger partial charge in [0.25, 0.3) is 0 Å². The number of thioether (sulfide) groups is 1. The SMILES string of the molecule is C[C@@H](Sc1ccc(S(=O)(=O)N2CCOCC2)cn1)C(=O)NCc1ccccc1. The van der Waals surface area contributed by atoms with Gasteiger partial charge in [-0.3, -0.25) is 4.79 Å². The highest BCUT2D eigenvalue weighted by molar-refractivity contribution is 8.00. The van der Waals surface area contributed by atoms with Gasteiger partial charge in [-0.05, 0) is 24.6 Å². The molecule has 0 radical (unpaired) electrons. The maximum Gasteiger partial charge on any atom is 0.244 e. The van der Waals surface area contributed by atoms with Crippen molar-refractivity contribution in [2.24, 2.45) is 0 Å². The average molecular weight is 422 g/mol. The van der Waals surface area contributed by atoms with E-state index in [1.807, 2.05) is 30.3 Å². The van der Waals surface area contributed by atoms with Crippen molar-refractivity contribution in [2.45, 2.75) is 28.6 Å². The van der Waals surface area contributed by atoms with E-state index in [-0.39, 0.29) is 16.1 Å². The van der Waals surface area contributed by atoms with Crippen LogP contribution in [0.25, 0.3) is 0 Å². The summed E-state index contributed by atoms with van der Waals surface area (Å²) in [6, 6.07) is 12.9. The van der Waals surface area contributed by atoms with Crippen LogP contribution < -0.4 is 5.32 Å². The second kappa shape index (κ2) is 9.51. The fraction of sp³-hybridized carbons (Fsp3) is 0.368. The summed E-state index contributed by atoms with van der Waals surface area (Å²) in [6.45, 7) is 3.75. The van der Waals surface area contributed by atoms with E-state index >= 15 is 0 Å². The van der Waals surface area contributed by atoms with Crippen molar-refractivity contribution in [3.8, 4) is 0 Å². The van der Waals surface area contributed by atoms with Crippen LogP contribution in [0.5, 0.6) is 0 Å². The third kappa shape index (κ3) is 5.32. The largest absolute Gasteiger partial charge is 0.379 e. The molecular formula is C19H23N3O4S2. The summed E-state index contributed by atoms with van der Waals surface area (Å²) in [4.78, 5) is 16.7. The van der Waals surface area contributed by atoms with Crippen LogP contribution in [0.15, 0.2) is 58.6 Å². The van der Waals surface area contributed by atoms with Crippen molar-refractivity contribution < 1.29 is 17.9 Å². The summed E-state index contributed by atoms with van der Waals surface area (Å²) in [5, 5.41) is 3.15. The highest BCUT2D eigenvalue weighted by atomic mass is 32.2. The van der Waals surface area contributed by atoms with Crippen LogP contribution in [0, 0.1) is 0 Å². The molecule has 9 heteroatoms. The molecule has 0 saturated carbocycles. The van der Waals surface area contributed by atoms with Crippen LogP contribution in [0.4, 0.5) is 0 Å². The molecule has 2 aromatic rings. The Labute approximate surface area is 169 Å². The molecule has 1 atom stereocenters. The van der Waals surface area contributed by atoms with Gasteiger partial charge in [0.15, 0.2) is 0 Å². The van der Waals surface area contributed by atoms with Crippen LogP contribution in [0.3, 0.4) is 0 Å². The van der Waals surface area contributed by atoms with Gasteiger partial charge in [0.05, 0.1) is 23.5 Å². The predicted octanol–water partition coefficient (Wildman–Crippen LogP) is 1.90. The monoisotopic (exact) mass is 421 g/mol. The quantitative estimate of drug-likeness (QED) is 0.687. The molecule has 150 valence electrons. The summed E-state index contributed by atoms with van der Waals surface area (Å²) < 4.78 is 31.8. The summed E-state index contributed by atoms with van der Waals surface area (Å²) in [7, 11) is -3.56. The van der Waals surface area contributed by atoms with E-state index in [2.05, 4.69) is 10.3 Å². The summed E-state index contributed by atoms with van der Waals surface area (Å²) in [6.07, 6.45) is 1.35. The average Bonchev–Trinajstić information content (AvgIpc) is 2.73. The highest BCUT2D eigenvalue weighted by Crippen LogP contribution is 2.23. The molecule has 1 aliphatic rings. The summed E-state index contributed by atoms with van der Waals surface area (Å²) >= 11 is 1.29. The van der Waals surface area contributed by atoms with Crippen molar-refractivity contribution in [3.63, 3.8) is 0 Å². The molecule has 28 heavy (non-hydrogen) atoms. The van der Waals surface area contributed by atoms with Crippen LogP contribution >= 0.6 is 11.8 Å². The Morgan fingerprint density at radius 3 is 2.57 bits per heavy atom. The molecule has 1 aromatic carbocycles. The van der Waals surface area contributed by atoms with Gasteiger partial charge in [0.2, 0.25) is 15.9 Å². The summed E-state index contributed by atoms with van der Waals surface area (Å²) in [5.41, 5.74) is 1.03. The zero-order valence-corrected chi connectivity index (χ0v) is 17.2. The molecule has 1 aliphatic heterocycles. The Hall–Kier alpha value is -1.94. The Morgan fingerprint density at radius 1 is 1.21 bits per heavy atom. The molecule has 3 rings (SSSR count). The van der Waals surface area contributed by atoms with Gasteiger partial charge >= 0.3 is 0 Å². The van der Waals surface area contributed by atoms with E-state index < -0.39 is 10.0 Å². The zero-order valence-electron chi connectivity index (χ0n) is 15.6. The maximum absolute atomic E-state index is 12.6. The van der Waals surface area contributed by atoms with Crippen molar-refractivity contribution >= 4 is 27.7 Å². The molecule has 1 saturated heterocycles. The highest BCUT2D eigenvalue weighted by Gasteiger charge is 2.26. The van der Waals surface area contributed by atoms with E-state index in [1.54, 1.807) is 13.0 Å². The molecule has 0 unspecified atom stereocenters. The molecule has 0 bridgehead atoms. The van der Waals surface area contributed by atoms with Crippen molar-refractivity contribution in [3.05, 3.63) is 54.2 Å². The molecule has 1 N–H and O–H groups in total. The number of sulfonamides is 1. The Bertz CT molecular complexity index is 883. The van der Waals surface area contributed by atoms with Gasteiger partial charge in [0, 0.05) is 25.8 Å².